The molecule has 0 saturated carbocycles. The number of phenolic OH excluding ortho intramolecular Hbond substituents is 3. The number of carbonyl (C=O) groups excluding carboxylic acids is 1. The molecular weight excluding hydrogens is 212 g/mol. The number of hydrogen-bond acceptors (Lipinski definition) is 5. The van der Waals surface area contributed by atoms with Crippen molar-refractivity contribution in [2.24, 2.45) is 11.7 Å². The fourth-order valence-electron chi connectivity index (χ4n) is 1.22. The second-order valence-electron chi connectivity index (χ2n) is 3.27. The van der Waals surface area contributed by atoms with E-state index in [-0.39, 0.29) is 6.42 Å². The number of nitrogens with two attached hydrogens (primary N) is 1. The molecule has 0 aliphatic heterocycles. The van der Waals surface area contributed by atoms with Crippen LogP contribution in [-0.4, -0.2) is 21.2 Å². The molecule has 0 radical (unpaired) electrons. The molecule has 1 aromatic rings. The fraction of sp³-hybridized carbons (Fsp3) is 0.200. The summed E-state index contributed by atoms with van der Waals surface area (Å²) >= 11 is 0. The van der Waals surface area contributed by atoms with Gasteiger partial charge in [0, 0.05) is 0 Å². The lowest BCUT2D eigenvalue weighted by Crippen LogP contribution is -2.23. The zero-order valence-electron chi connectivity index (χ0n) is 8.21. The highest BCUT2D eigenvalue weighted by molar-refractivity contribution is 5.79. The maximum atomic E-state index is 10.8. The first-order valence-electron chi connectivity index (χ1n) is 4.38. The van der Waals surface area contributed by atoms with Gasteiger partial charge in [-0.3, -0.25) is 4.79 Å². The molecule has 5 N–H and O–H groups in total. The molecule has 16 heavy (non-hydrogen) atoms. The number of nitrogens with zero attached hydrogens (tertiary/aromatic N) is 1. The van der Waals surface area contributed by atoms with Gasteiger partial charge in [0.05, 0.1) is 6.07 Å². The van der Waals surface area contributed by atoms with Crippen molar-refractivity contribution in [2.75, 3.05) is 0 Å². The predicted octanol–water partition coefficient (Wildman–Crippen LogP) is -0.0290. The molecule has 0 fully saturated rings. The second-order valence-corrected chi connectivity index (χ2v) is 3.27. The van der Waals surface area contributed by atoms with Crippen LogP contribution in [0.4, 0.5) is 0 Å². The van der Waals surface area contributed by atoms with Gasteiger partial charge in [-0.15, -0.1) is 0 Å². The van der Waals surface area contributed by atoms with E-state index in [0.717, 1.165) is 12.1 Å². The topological polar surface area (TPSA) is 128 Å². The van der Waals surface area contributed by atoms with Crippen LogP contribution in [0.25, 0.3) is 0 Å². The number of rotatable bonds is 3. The van der Waals surface area contributed by atoms with Gasteiger partial charge in [0.25, 0.3) is 0 Å². The van der Waals surface area contributed by atoms with Crippen molar-refractivity contribution in [3.05, 3.63) is 17.7 Å². The minimum atomic E-state index is -1.04. The summed E-state index contributed by atoms with van der Waals surface area (Å²) in [4.78, 5) is 10.8. The van der Waals surface area contributed by atoms with Crippen LogP contribution in [-0.2, 0) is 11.2 Å². The van der Waals surface area contributed by atoms with Crippen LogP contribution in [0.5, 0.6) is 17.2 Å². The van der Waals surface area contributed by atoms with Gasteiger partial charge in [0.2, 0.25) is 5.91 Å². The molecule has 0 saturated heterocycles. The maximum Gasteiger partial charge on any atom is 0.235 e. The molecule has 1 rings (SSSR count). The number of carbonyl (C=O) groups is 1. The monoisotopic (exact) mass is 222 g/mol. The lowest BCUT2D eigenvalue weighted by Gasteiger charge is -2.07. The second kappa shape index (κ2) is 4.40. The van der Waals surface area contributed by atoms with E-state index in [9.17, 15) is 15.0 Å². The Morgan fingerprint density at radius 1 is 1.38 bits per heavy atom. The first kappa shape index (κ1) is 11.7. The van der Waals surface area contributed by atoms with Crippen LogP contribution >= 0.6 is 0 Å². The Kier molecular flexibility index (Phi) is 3.20. The number of primary amides is 1. The Hall–Kier alpha value is -2.42. The van der Waals surface area contributed by atoms with Crippen molar-refractivity contribution in [3.63, 3.8) is 0 Å². The molecule has 6 nitrogen and oxygen atoms in total. The Balaban J connectivity index is 2.99. The summed E-state index contributed by atoms with van der Waals surface area (Å²) in [6.07, 6.45) is -0.0345. The van der Waals surface area contributed by atoms with E-state index in [4.69, 9.17) is 16.1 Å². The van der Waals surface area contributed by atoms with Gasteiger partial charge in [-0.05, 0) is 24.1 Å². The molecule has 0 spiro atoms. The maximum absolute atomic E-state index is 10.8. The van der Waals surface area contributed by atoms with Crippen molar-refractivity contribution in [1.82, 2.24) is 0 Å². The number of benzene rings is 1. The summed E-state index contributed by atoms with van der Waals surface area (Å²) in [5, 5.41) is 36.1. The van der Waals surface area contributed by atoms with Crippen LogP contribution < -0.4 is 5.73 Å². The number of phenols is 3. The molecule has 6 heteroatoms. The van der Waals surface area contributed by atoms with Crippen molar-refractivity contribution in [2.45, 2.75) is 6.42 Å². The third kappa shape index (κ3) is 2.33. The van der Waals surface area contributed by atoms with Crippen LogP contribution in [0.2, 0.25) is 0 Å². The summed E-state index contributed by atoms with van der Waals surface area (Å²) in [6.45, 7) is 0. The lowest BCUT2D eigenvalue weighted by molar-refractivity contribution is -0.120. The summed E-state index contributed by atoms with van der Waals surface area (Å²) < 4.78 is 0. The molecule has 0 bridgehead atoms. The van der Waals surface area contributed by atoms with Crippen molar-refractivity contribution < 1.29 is 20.1 Å². The minimum absolute atomic E-state index is 0.0345. The Bertz CT molecular complexity index is 441. The van der Waals surface area contributed by atoms with E-state index in [1.54, 1.807) is 6.07 Å². The first-order valence-corrected chi connectivity index (χ1v) is 4.38. The van der Waals surface area contributed by atoms with Crippen LogP contribution in [0, 0.1) is 17.2 Å². The summed E-state index contributed by atoms with van der Waals surface area (Å²) in [5.74, 6) is -3.50. The number of amides is 1. The molecule has 1 atom stereocenters. The molecule has 0 heterocycles. The van der Waals surface area contributed by atoms with Gasteiger partial charge < -0.3 is 21.1 Å². The summed E-state index contributed by atoms with van der Waals surface area (Å²) in [6, 6.07) is 4.01. The highest BCUT2D eigenvalue weighted by Gasteiger charge is 2.17. The van der Waals surface area contributed by atoms with Crippen LogP contribution in [0.15, 0.2) is 12.1 Å². The van der Waals surface area contributed by atoms with Crippen molar-refractivity contribution >= 4 is 5.91 Å². The minimum Gasteiger partial charge on any atom is -0.504 e. The van der Waals surface area contributed by atoms with Gasteiger partial charge in [-0.2, -0.15) is 5.26 Å². The molecule has 1 unspecified atom stereocenters. The van der Waals surface area contributed by atoms with E-state index < -0.39 is 29.1 Å². The summed E-state index contributed by atoms with van der Waals surface area (Å²) in [5.41, 5.74) is 5.30. The quantitative estimate of drug-likeness (QED) is 0.534. The highest BCUT2D eigenvalue weighted by Crippen LogP contribution is 2.35. The number of aromatic hydroxyl groups is 3. The normalized spacial score (nSPS) is 11.7. The van der Waals surface area contributed by atoms with E-state index >= 15 is 0 Å². The van der Waals surface area contributed by atoms with Gasteiger partial charge in [0.15, 0.2) is 17.2 Å². The van der Waals surface area contributed by atoms with E-state index in [2.05, 4.69) is 0 Å². The third-order valence-electron chi connectivity index (χ3n) is 2.07. The average molecular weight is 222 g/mol. The SMILES string of the molecule is N#CC(Cc1cc(O)c(O)c(O)c1)C(N)=O. The number of nitriles is 1. The molecule has 0 aliphatic rings. The molecule has 1 aromatic carbocycles. The van der Waals surface area contributed by atoms with Crippen LogP contribution in [0.3, 0.4) is 0 Å². The van der Waals surface area contributed by atoms with Crippen LogP contribution in [0.1, 0.15) is 5.56 Å². The average Bonchev–Trinajstić information content (AvgIpc) is 2.21. The predicted molar refractivity (Wildman–Crippen MR) is 53.4 cm³/mol. The van der Waals surface area contributed by atoms with E-state index in [1.807, 2.05) is 0 Å². The van der Waals surface area contributed by atoms with Gasteiger partial charge in [0.1, 0.15) is 5.92 Å². The standard InChI is InChI=1S/C10H10N2O4/c11-4-6(10(12)16)1-5-2-7(13)9(15)8(14)3-5/h2-3,6,13-15H,1H2,(H2,12,16). The molecule has 1 amide bonds. The molecule has 0 aliphatic carbocycles. The third-order valence-corrected chi connectivity index (χ3v) is 2.07. The Morgan fingerprint density at radius 3 is 2.25 bits per heavy atom. The lowest BCUT2D eigenvalue weighted by atomic mass is 9.99. The fourth-order valence-corrected chi connectivity index (χ4v) is 1.22. The van der Waals surface area contributed by atoms with E-state index in [1.165, 1.54) is 0 Å². The number of hydrogen-bond donors (Lipinski definition) is 4. The highest BCUT2D eigenvalue weighted by atomic mass is 16.3. The first-order chi connectivity index (χ1) is 7.45. The van der Waals surface area contributed by atoms with Crippen molar-refractivity contribution in [1.29, 1.82) is 5.26 Å². The van der Waals surface area contributed by atoms with Crippen molar-refractivity contribution in [3.8, 4) is 23.3 Å². The Labute approximate surface area is 91.2 Å². The zero-order valence-corrected chi connectivity index (χ0v) is 8.21. The Morgan fingerprint density at radius 2 is 1.88 bits per heavy atom. The van der Waals surface area contributed by atoms with Gasteiger partial charge in [-0.1, -0.05) is 0 Å². The van der Waals surface area contributed by atoms with E-state index in [0.29, 0.717) is 5.56 Å². The largest absolute Gasteiger partial charge is 0.504 e. The molecule has 0 aromatic heterocycles. The summed E-state index contributed by atoms with van der Waals surface area (Å²) in [7, 11) is 0. The zero-order chi connectivity index (χ0) is 12.3. The van der Waals surface area contributed by atoms with Gasteiger partial charge in [-0.25, -0.2) is 0 Å². The molecular formula is C10H10N2O4. The molecule has 84 valence electrons. The smallest absolute Gasteiger partial charge is 0.235 e. The van der Waals surface area contributed by atoms with Gasteiger partial charge >= 0.3 is 0 Å².